The minimum absolute atomic E-state index is 0.0652. The van der Waals surface area contributed by atoms with Gasteiger partial charge >= 0.3 is 5.51 Å². The molecular formula is C16H21F3N2S. The van der Waals surface area contributed by atoms with Crippen molar-refractivity contribution in [2.24, 2.45) is 0 Å². The third-order valence-electron chi connectivity index (χ3n) is 3.74. The highest BCUT2D eigenvalue weighted by molar-refractivity contribution is 8.00. The Bertz CT molecular complexity index is 467. The molecule has 22 heavy (non-hydrogen) atoms. The summed E-state index contributed by atoms with van der Waals surface area (Å²) >= 11 is -0.0652. The average Bonchev–Trinajstić information content (AvgIpc) is 2.49. The van der Waals surface area contributed by atoms with Crippen LogP contribution in [0.4, 0.5) is 13.2 Å². The first-order chi connectivity index (χ1) is 10.5. The van der Waals surface area contributed by atoms with Gasteiger partial charge in [-0.25, -0.2) is 0 Å². The van der Waals surface area contributed by atoms with Gasteiger partial charge < -0.3 is 5.32 Å². The van der Waals surface area contributed by atoms with E-state index in [0.29, 0.717) is 0 Å². The number of alkyl halides is 3. The number of nitrogens with zero attached hydrogens (tertiary/aromatic N) is 1. The molecule has 0 unspecified atom stereocenters. The summed E-state index contributed by atoms with van der Waals surface area (Å²) < 4.78 is 37.2. The number of piperazine rings is 1. The van der Waals surface area contributed by atoms with Gasteiger partial charge in [0.15, 0.2) is 0 Å². The standard InChI is InChI=1S/C16H21F3N2S/c1-2-3-4-15(21-11-9-20-10-12-21)13-5-7-14(8-6-13)22-16(17,18)19/h2,5-8,15,20H,1,3-4,9-12H2/t15-/m1/s1. The van der Waals surface area contributed by atoms with E-state index in [2.05, 4.69) is 16.8 Å². The molecule has 1 heterocycles. The van der Waals surface area contributed by atoms with Gasteiger partial charge in [-0.1, -0.05) is 18.2 Å². The molecule has 1 saturated heterocycles. The van der Waals surface area contributed by atoms with Crippen molar-refractivity contribution in [3.63, 3.8) is 0 Å². The maximum absolute atomic E-state index is 12.4. The fraction of sp³-hybridized carbons (Fsp3) is 0.500. The topological polar surface area (TPSA) is 15.3 Å². The number of hydrogen-bond acceptors (Lipinski definition) is 3. The number of thioether (sulfide) groups is 1. The first-order valence-electron chi connectivity index (χ1n) is 7.41. The van der Waals surface area contributed by atoms with Crippen LogP contribution in [0.2, 0.25) is 0 Å². The highest BCUT2D eigenvalue weighted by atomic mass is 32.2. The van der Waals surface area contributed by atoms with Crippen molar-refractivity contribution in [3.8, 4) is 0 Å². The molecule has 0 bridgehead atoms. The van der Waals surface area contributed by atoms with Crippen LogP contribution in [0.5, 0.6) is 0 Å². The van der Waals surface area contributed by atoms with E-state index in [0.717, 1.165) is 44.6 Å². The molecule has 0 aliphatic carbocycles. The van der Waals surface area contributed by atoms with Crippen molar-refractivity contribution in [1.82, 2.24) is 10.2 Å². The second-order valence-electron chi connectivity index (χ2n) is 5.28. The quantitative estimate of drug-likeness (QED) is 0.621. The van der Waals surface area contributed by atoms with Gasteiger partial charge in [0.05, 0.1) is 0 Å². The lowest BCUT2D eigenvalue weighted by atomic mass is 9.99. The summed E-state index contributed by atoms with van der Waals surface area (Å²) in [6, 6.07) is 7.02. The van der Waals surface area contributed by atoms with Crippen molar-refractivity contribution < 1.29 is 13.2 Å². The Balaban J connectivity index is 2.10. The maximum Gasteiger partial charge on any atom is 0.446 e. The van der Waals surface area contributed by atoms with Crippen LogP contribution in [0.3, 0.4) is 0 Å². The molecule has 0 radical (unpaired) electrons. The average molecular weight is 330 g/mol. The summed E-state index contributed by atoms with van der Waals surface area (Å²) in [5.41, 5.74) is -3.15. The van der Waals surface area contributed by atoms with E-state index in [1.165, 1.54) is 0 Å². The van der Waals surface area contributed by atoms with Crippen molar-refractivity contribution in [3.05, 3.63) is 42.5 Å². The minimum atomic E-state index is -4.23. The molecule has 1 aliphatic heterocycles. The number of nitrogens with one attached hydrogen (secondary N) is 1. The Morgan fingerprint density at radius 2 is 1.86 bits per heavy atom. The van der Waals surface area contributed by atoms with E-state index in [1.807, 2.05) is 18.2 Å². The van der Waals surface area contributed by atoms with Gasteiger partial charge in [0.1, 0.15) is 0 Å². The van der Waals surface area contributed by atoms with Crippen molar-refractivity contribution >= 4 is 11.8 Å². The van der Waals surface area contributed by atoms with Crippen molar-refractivity contribution in [2.45, 2.75) is 29.3 Å². The summed E-state index contributed by atoms with van der Waals surface area (Å²) in [6.45, 7) is 7.59. The van der Waals surface area contributed by atoms with Gasteiger partial charge in [-0.15, -0.1) is 6.58 Å². The monoisotopic (exact) mass is 330 g/mol. The van der Waals surface area contributed by atoms with E-state index < -0.39 is 5.51 Å². The fourth-order valence-corrected chi connectivity index (χ4v) is 3.26. The number of allylic oxidation sites excluding steroid dienone is 1. The van der Waals surface area contributed by atoms with Crippen LogP contribution in [0.25, 0.3) is 0 Å². The normalized spacial score (nSPS) is 18.1. The van der Waals surface area contributed by atoms with Gasteiger partial charge in [-0.05, 0) is 42.3 Å². The molecule has 1 N–H and O–H groups in total. The lowest BCUT2D eigenvalue weighted by Crippen LogP contribution is -2.45. The van der Waals surface area contributed by atoms with E-state index in [-0.39, 0.29) is 22.7 Å². The van der Waals surface area contributed by atoms with Gasteiger partial charge in [0.2, 0.25) is 0 Å². The number of halogens is 3. The molecule has 2 nitrogen and oxygen atoms in total. The first kappa shape index (κ1) is 17.4. The molecule has 1 fully saturated rings. The lowest BCUT2D eigenvalue weighted by Gasteiger charge is -2.35. The zero-order valence-corrected chi connectivity index (χ0v) is 13.2. The molecule has 0 aromatic heterocycles. The third kappa shape index (κ3) is 5.34. The lowest BCUT2D eigenvalue weighted by molar-refractivity contribution is -0.0328. The number of rotatable bonds is 6. The van der Waals surface area contributed by atoms with Gasteiger partial charge in [0, 0.05) is 37.1 Å². The van der Waals surface area contributed by atoms with Crippen LogP contribution in [0, 0.1) is 0 Å². The maximum atomic E-state index is 12.4. The zero-order valence-electron chi connectivity index (χ0n) is 12.4. The molecule has 122 valence electrons. The number of hydrogen-bond donors (Lipinski definition) is 1. The predicted octanol–water partition coefficient (Wildman–Crippen LogP) is 4.21. The van der Waals surface area contributed by atoms with Crippen LogP contribution in [-0.4, -0.2) is 36.6 Å². The molecule has 1 aliphatic rings. The summed E-state index contributed by atoms with van der Waals surface area (Å²) in [7, 11) is 0. The molecule has 1 atom stereocenters. The molecular weight excluding hydrogens is 309 g/mol. The smallest absolute Gasteiger partial charge is 0.314 e. The fourth-order valence-electron chi connectivity index (χ4n) is 2.72. The van der Waals surface area contributed by atoms with Crippen LogP contribution in [-0.2, 0) is 0 Å². The summed E-state index contributed by atoms with van der Waals surface area (Å²) in [6.07, 6.45) is 3.73. The minimum Gasteiger partial charge on any atom is -0.314 e. The SMILES string of the molecule is C=CCC[C@H](c1ccc(SC(F)(F)F)cc1)N1CCNCC1. The second-order valence-corrected chi connectivity index (χ2v) is 6.42. The van der Waals surface area contributed by atoms with Gasteiger partial charge in [-0.3, -0.25) is 4.90 Å². The van der Waals surface area contributed by atoms with Crippen molar-refractivity contribution in [1.29, 1.82) is 0 Å². The van der Waals surface area contributed by atoms with Gasteiger partial charge in [-0.2, -0.15) is 13.2 Å². The molecule has 1 aromatic carbocycles. The summed E-state index contributed by atoms with van der Waals surface area (Å²) in [4.78, 5) is 2.63. The van der Waals surface area contributed by atoms with E-state index in [4.69, 9.17) is 0 Å². The van der Waals surface area contributed by atoms with E-state index in [1.54, 1.807) is 12.1 Å². The Morgan fingerprint density at radius 1 is 1.23 bits per heavy atom. The predicted molar refractivity (Wildman–Crippen MR) is 85.0 cm³/mol. The molecule has 2 rings (SSSR count). The molecule has 0 amide bonds. The zero-order chi connectivity index (χ0) is 16.0. The molecule has 0 spiro atoms. The van der Waals surface area contributed by atoms with Crippen molar-refractivity contribution in [2.75, 3.05) is 26.2 Å². The van der Waals surface area contributed by atoms with Gasteiger partial charge in [0.25, 0.3) is 0 Å². The van der Waals surface area contributed by atoms with Crippen LogP contribution < -0.4 is 5.32 Å². The molecule has 0 saturated carbocycles. The van der Waals surface area contributed by atoms with Crippen LogP contribution in [0.15, 0.2) is 41.8 Å². The Morgan fingerprint density at radius 3 is 2.41 bits per heavy atom. The second kappa shape index (κ2) is 8.04. The van der Waals surface area contributed by atoms with E-state index >= 15 is 0 Å². The number of benzene rings is 1. The van der Waals surface area contributed by atoms with Crippen LogP contribution in [0.1, 0.15) is 24.4 Å². The largest absolute Gasteiger partial charge is 0.446 e. The Hall–Kier alpha value is -0.980. The Labute approximate surface area is 133 Å². The molecule has 6 heteroatoms. The summed E-state index contributed by atoms with van der Waals surface area (Å²) in [5.74, 6) is 0. The molecule has 1 aromatic rings. The Kier molecular flexibility index (Phi) is 6.35. The highest BCUT2D eigenvalue weighted by Gasteiger charge is 2.29. The summed E-state index contributed by atoms with van der Waals surface area (Å²) in [5, 5.41) is 3.32. The van der Waals surface area contributed by atoms with E-state index in [9.17, 15) is 13.2 Å². The third-order valence-corrected chi connectivity index (χ3v) is 4.47. The van der Waals surface area contributed by atoms with Crippen LogP contribution >= 0.6 is 11.8 Å². The first-order valence-corrected chi connectivity index (χ1v) is 8.22. The highest BCUT2D eigenvalue weighted by Crippen LogP contribution is 2.37.